The third-order valence-corrected chi connectivity index (χ3v) is 6.69. The third-order valence-electron chi connectivity index (χ3n) is 5.95. The maximum Gasteiger partial charge on any atom is 0.330 e. The molecule has 8 nitrogen and oxygen atoms in total. The van der Waals surface area contributed by atoms with Gasteiger partial charge in [-0.05, 0) is 61.1 Å². The molecule has 2 aromatic carbocycles. The fraction of sp³-hybridized carbons (Fsp3) is 0.370. The van der Waals surface area contributed by atoms with Gasteiger partial charge >= 0.3 is 11.7 Å². The van der Waals surface area contributed by atoms with Gasteiger partial charge in [-0.3, -0.25) is 14.2 Å². The van der Waals surface area contributed by atoms with Crippen LogP contribution < -0.4 is 20.7 Å². The zero-order valence-corrected chi connectivity index (χ0v) is 22.6. The molecular weight excluding hydrogens is 519 g/mol. The van der Waals surface area contributed by atoms with Gasteiger partial charge in [0, 0.05) is 19.3 Å². The lowest BCUT2D eigenvalue weighted by atomic mass is 9.89. The number of carbonyl (C=O) groups is 1. The first-order valence-electron chi connectivity index (χ1n) is 11.9. The van der Waals surface area contributed by atoms with Crippen LogP contribution in [0.3, 0.4) is 0 Å². The van der Waals surface area contributed by atoms with Crippen molar-refractivity contribution in [3.05, 3.63) is 90.7 Å². The van der Waals surface area contributed by atoms with E-state index in [-0.39, 0.29) is 37.0 Å². The van der Waals surface area contributed by atoms with Crippen molar-refractivity contribution in [2.75, 3.05) is 20.3 Å². The number of aryl methyl sites for hydroxylation is 2. The summed E-state index contributed by atoms with van der Waals surface area (Å²) in [6.07, 6.45) is 2.99. The van der Waals surface area contributed by atoms with Gasteiger partial charge < -0.3 is 18.8 Å². The lowest BCUT2D eigenvalue weighted by Crippen LogP contribution is -2.39. The molecule has 0 bridgehead atoms. The van der Waals surface area contributed by atoms with E-state index < -0.39 is 5.69 Å². The highest BCUT2D eigenvalue weighted by molar-refractivity contribution is 6.42. The van der Waals surface area contributed by atoms with Crippen LogP contribution in [-0.4, -0.2) is 35.4 Å². The molecule has 1 atom stereocenters. The van der Waals surface area contributed by atoms with E-state index in [4.69, 9.17) is 37.4 Å². The number of carbonyl (C=O) groups excluding carboxylic acids is 1. The summed E-state index contributed by atoms with van der Waals surface area (Å²) in [5.41, 5.74) is 1.12. The van der Waals surface area contributed by atoms with Crippen molar-refractivity contribution < 1.29 is 19.0 Å². The first-order chi connectivity index (χ1) is 17.7. The number of methoxy groups -OCH3 is 1. The second-order valence-electron chi connectivity index (χ2n) is 8.45. The normalized spacial score (nSPS) is 11.7. The van der Waals surface area contributed by atoms with Gasteiger partial charge in [0.2, 0.25) is 0 Å². The number of hydrogen-bond donors (Lipinski definition) is 0. The summed E-state index contributed by atoms with van der Waals surface area (Å²) in [4.78, 5) is 36.4. The molecule has 1 heterocycles. The van der Waals surface area contributed by atoms with Crippen molar-refractivity contribution >= 4 is 29.2 Å². The SMILES string of the molecule is CCOC(=O)CC(CCc1ccc(OCCn2c(=O)ccn(C)c2=O)c(OC)c1)c1ccc(Cl)c(Cl)c1. The van der Waals surface area contributed by atoms with E-state index in [2.05, 4.69) is 0 Å². The highest BCUT2D eigenvalue weighted by Gasteiger charge is 2.19. The molecule has 37 heavy (non-hydrogen) atoms. The molecular formula is C27H30Cl2N2O6. The van der Waals surface area contributed by atoms with Crippen LogP contribution in [0.2, 0.25) is 10.0 Å². The van der Waals surface area contributed by atoms with E-state index in [1.165, 1.54) is 16.8 Å². The molecule has 0 fully saturated rings. The molecule has 198 valence electrons. The fourth-order valence-corrected chi connectivity index (χ4v) is 4.27. The zero-order chi connectivity index (χ0) is 26.9. The average Bonchev–Trinajstić information content (AvgIpc) is 2.88. The summed E-state index contributed by atoms with van der Waals surface area (Å²) >= 11 is 12.3. The molecule has 0 aliphatic heterocycles. The topological polar surface area (TPSA) is 88.8 Å². The second-order valence-corrected chi connectivity index (χ2v) is 9.27. The fourth-order valence-electron chi connectivity index (χ4n) is 3.97. The van der Waals surface area contributed by atoms with E-state index in [1.54, 1.807) is 39.3 Å². The van der Waals surface area contributed by atoms with Crippen LogP contribution in [0.15, 0.2) is 58.3 Å². The Balaban J connectivity index is 1.69. The molecule has 10 heteroatoms. The molecule has 0 aliphatic rings. The van der Waals surface area contributed by atoms with E-state index in [0.717, 1.165) is 15.7 Å². The largest absolute Gasteiger partial charge is 0.493 e. The lowest BCUT2D eigenvalue weighted by Gasteiger charge is -2.18. The molecule has 3 aromatic rings. The Kier molecular flexibility index (Phi) is 10.2. The number of rotatable bonds is 12. The van der Waals surface area contributed by atoms with Gasteiger partial charge in [0.1, 0.15) is 6.61 Å². The van der Waals surface area contributed by atoms with Gasteiger partial charge in [-0.2, -0.15) is 0 Å². The van der Waals surface area contributed by atoms with E-state index in [9.17, 15) is 14.4 Å². The van der Waals surface area contributed by atoms with Gasteiger partial charge in [0.05, 0.1) is 36.7 Å². The Hall–Kier alpha value is -3.23. The van der Waals surface area contributed by atoms with Crippen LogP contribution >= 0.6 is 23.2 Å². The highest BCUT2D eigenvalue weighted by Crippen LogP contribution is 2.33. The number of aromatic nitrogens is 2. The van der Waals surface area contributed by atoms with E-state index in [0.29, 0.717) is 41.0 Å². The summed E-state index contributed by atoms with van der Waals surface area (Å²) in [5, 5.41) is 0.893. The first-order valence-corrected chi connectivity index (χ1v) is 12.7. The Morgan fingerprint density at radius 2 is 1.81 bits per heavy atom. The number of hydrogen-bond acceptors (Lipinski definition) is 6. The Labute approximate surface area is 225 Å². The summed E-state index contributed by atoms with van der Waals surface area (Å²) < 4.78 is 18.9. The van der Waals surface area contributed by atoms with Crippen molar-refractivity contribution in [3.8, 4) is 11.5 Å². The quantitative estimate of drug-likeness (QED) is 0.307. The second kappa shape index (κ2) is 13.4. The number of halogens is 2. The van der Waals surface area contributed by atoms with Gasteiger partial charge in [0.15, 0.2) is 11.5 Å². The summed E-state index contributed by atoms with van der Waals surface area (Å²) in [7, 11) is 3.13. The minimum absolute atomic E-state index is 0.108. The van der Waals surface area contributed by atoms with Gasteiger partial charge in [-0.25, -0.2) is 4.79 Å². The van der Waals surface area contributed by atoms with E-state index in [1.807, 2.05) is 18.2 Å². The van der Waals surface area contributed by atoms with Crippen molar-refractivity contribution in [2.45, 2.75) is 38.6 Å². The highest BCUT2D eigenvalue weighted by atomic mass is 35.5. The Morgan fingerprint density at radius 3 is 2.51 bits per heavy atom. The summed E-state index contributed by atoms with van der Waals surface area (Å²) in [6.45, 7) is 2.32. The molecule has 0 amide bonds. The molecule has 1 aromatic heterocycles. The van der Waals surface area contributed by atoms with Crippen molar-refractivity contribution in [1.29, 1.82) is 0 Å². The summed E-state index contributed by atoms with van der Waals surface area (Å²) in [5.74, 6) is 0.650. The van der Waals surface area contributed by atoms with Crippen LogP contribution in [0, 0.1) is 0 Å². The monoisotopic (exact) mass is 548 g/mol. The molecule has 3 rings (SSSR count). The smallest absolute Gasteiger partial charge is 0.330 e. The predicted octanol–water partition coefficient (Wildman–Crippen LogP) is 4.61. The molecule has 1 unspecified atom stereocenters. The van der Waals surface area contributed by atoms with Crippen LogP contribution in [0.25, 0.3) is 0 Å². The number of ether oxygens (including phenoxy) is 3. The molecule has 0 N–H and O–H groups in total. The summed E-state index contributed by atoms with van der Waals surface area (Å²) in [6, 6.07) is 12.3. The Morgan fingerprint density at radius 1 is 1.03 bits per heavy atom. The Bertz CT molecular complexity index is 1350. The molecule has 0 saturated heterocycles. The third kappa shape index (κ3) is 7.63. The lowest BCUT2D eigenvalue weighted by molar-refractivity contribution is -0.143. The maximum absolute atomic E-state index is 12.2. The first kappa shape index (κ1) is 28.3. The van der Waals surface area contributed by atoms with Crippen molar-refractivity contribution in [1.82, 2.24) is 9.13 Å². The number of nitrogens with zero attached hydrogens (tertiary/aromatic N) is 2. The van der Waals surface area contributed by atoms with Gasteiger partial charge in [-0.15, -0.1) is 0 Å². The predicted molar refractivity (Wildman–Crippen MR) is 143 cm³/mol. The van der Waals surface area contributed by atoms with Crippen LogP contribution in [0.5, 0.6) is 11.5 Å². The minimum Gasteiger partial charge on any atom is -0.493 e. The minimum atomic E-state index is -0.405. The maximum atomic E-state index is 12.2. The van der Waals surface area contributed by atoms with Crippen molar-refractivity contribution in [3.63, 3.8) is 0 Å². The van der Waals surface area contributed by atoms with Gasteiger partial charge in [0.25, 0.3) is 5.56 Å². The molecule has 0 radical (unpaired) electrons. The average molecular weight is 549 g/mol. The molecule has 0 spiro atoms. The van der Waals surface area contributed by atoms with Crippen LogP contribution in [-0.2, 0) is 29.5 Å². The molecule has 0 saturated carbocycles. The molecule has 0 aliphatic carbocycles. The van der Waals surface area contributed by atoms with Crippen LogP contribution in [0.1, 0.15) is 36.8 Å². The standard InChI is InChI=1S/C27H30Cl2N2O6/c1-4-36-26(33)17-20(19-8-9-21(28)22(29)16-19)7-5-18-6-10-23(24(15-18)35-3)37-14-13-31-25(32)11-12-30(2)27(31)34/h6,8-12,15-16,20H,4-5,7,13-14,17H2,1-3H3. The van der Waals surface area contributed by atoms with E-state index >= 15 is 0 Å². The number of esters is 1. The van der Waals surface area contributed by atoms with Crippen LogP contribution in [0.4, 0.5) is 0 Å². The van der Waals surface area contributed by atoms with Crippen molar-refractivity contribution in [2.24, 2.45) is 7.05 Å². The zero-order valence-electron chi connectivity index (χ0n) is 21.0. The number of benzene rings is 2. The van der Waals surface area contributed by atoms with Gasteiger partial charge in [-0.1, -0.05) is 35.3 Å².